The summed E-state index contributed by atoms with van der Waals surface area (Å²) in [6.45, 7) is 6.10. The van der Waals surface area contributed by atoms with Crippen molar-refractivity contribution in [3.05, 3.63) is 63.9 Å². The highest BCUT2D eigenvalue weighted by molar-refractivity contribution is 9.10. The molecule has 164 valence electrons. The molecule has 31 heavy (non-hydrogen) atoms. The molecule has 6 nitrogen and oxygen atoms in total. The summed E-state index contributed by atoms with van der Waals surface area (Å²) in [7, 11) is 1.64. The second-order valence-electron chi connectivity index (χ2n) is 7.20. The lowest BCUT2D eigenvalue weighted by molar-refractivity contribution is 0.230. The Morgan fingerprint density at radius 2 is 1.90 bits per heavy atom. The van der Waals surface area contributed by atoms with Crippen LogP contribution in [0.15, 0.2) is 57.2 Å². The molecule has 0 saturated carbocycles. The largest absolute Gasteiger partial charge is 0.493 e. The standard InChI is InChI=1S/C23H27BrN4O2S/c1-5-6-22-26-27-23(31-15-17-7-10-19(24)11-8-17)28(22)25-14-18-9-12-20(30-16(2)3)21(13-18)29-4/h7-14,16H,5-6,15H2,1-4H3/b25-14+. The van der Waals surface area contributed by atoms with Crippen LogP contribution in [0.4, 0.5) is 0 Å². The van der Waals surface area contributed by atoms with Gasteiger partial charge in [0.05, 0.1) is 19.4 Å². The van der Waals surface area contributed by atoms with Crippen LogP contribution >= 0.6 is 27.7 Å². The highest BCUT2D eigenvalue weighted by Crippen LogP contribution is 2.29. The second-order valence-corrected chi connectivity index (χ2v) is 9.06. The third-order valence-electron chi connectivity index (χ3n) is 4.30. The van der Waals surface area contributed by atoms with Gasteiger partial charge in [-0.15, -0.1) is 10.2 Å². The molecule has 3 aromatic rings. The maximum Gasteiger partial charge on any atom is 0.212 e. The molecule has 1 heterocycles. The number of ether oxygens (including phenoxy) is 2. The van der Waals surface area contributed by atoms with Gasteiger partial charge in [-0.1, -0.05) is 46.7 Å². The van der Waals surface area contributed by atoms with Gasteiger partial charge in [0.25, 0.3) is 0 Å². The number of hydrogen-bond donors (Lipinski definition) is 0. The SMILES string of the molecule is CCCc1nnc(SCc2ccc(Br)cc2)n1/N=C/c1ccc(OC(C)C)c(OC)c1. The first-order valence-corrected chi connectivity index (χ1v) is 12.0. The predicted octanol–water partition coefficient (Wildman–Crippen LogP) is 5.96. The third-order valence-corrected chi connectivity index (χ3v) is 5.82. The van der Waals surface area contributed by atoms with Crippen LogP contribution in [-0.2, 0) is 12.2 Å². The highest BCUT2D eigenvalue weighted by Gasteiger charge is 2.12. The number of nitrogens with zero attached hydrogens (tertiary/aromatic N) is 4. The Morgan fingerprint density at radius 1 is 1.13 bits per heavy atom. The van der Waals surface area contributed by atoms with Crippen molar-refractivity contribution in [2.24, 2.45) is 5.10 Å². The number of aryl methyl sites for hydroxylation is 1. The van der Waals surface area contributed by atoms with Gasteiger partial charge in [-0.2, -0.15) is 9.78 Å². The van der Waals surface area contributed by atoms with E-state index in [9.17, 15) is 0 Å². The van der Waals surface area contributed by atoms with E-state index in [1.54, 1.807) is 25.1 Å². The van der Waals surface area contributed by atoms with E-state index in [0.717, 1.165) is 45.4 Å². The summed E-state index contributed by atoms with van der Waals surface area (Å²) < 4.78 is 14.2. The first kappa shape index (κ1) is 23.3. The summed E-state index contributed by atoms with van der Waals surface area (Å²) in [5.74, 6) is 3.04. The fraction of sp³-hybridized carbons (Fsp3) is 0.348. The Balaban J connectivity index is 1.81. The Labute approximate surface area is 196 Å². The zero-order chi connectivity index (χ0) is 22.2. The van der Waals surface area contributed by atoms with Crippen LogP contribution in [0.2, 0.25) is 0 Å². The van der Waals surface area contributed by atoms with Gasteiger partial charge in [0.2, 0.25) is 5.16 Å². The Morgan fingerprint density at radius 3 is 2.58 bits per heavy atom. The molecule has 3 rings (SSSR count). The van der Waals surface area contributed by atoms with E-state index in [4.69, 9.17) is 9.47 Å². The number of thioether (sulfide) groups is 1. The first-order chi connectivity index (χ1) is 15.0. The molecule has 2 aromatic carbocycles. The van der Waals surface area contributed by atoms with Crippen molar-refractivity contribution in [1.29, 1.82) is 0 Å². The number of aromatic nitrogens is 3. The van der Waals surface area contributed by atoms with Crippen molar-refractivity contribution in [2.45, 2.75) is 50.6 Å². The van der Waals surface area contributed by atoms with Crippen molar-refractivity contribution < 1.29 is 9.47 Å². The molecular formula is C23H27BrN4O2S. The first-order valence-electron chi connectivity index (χ1n) is 10.2. The van der Waals surface area contributed by atoms with Gasteiger partial charge in [0, 0.05) is 16.6 Å². The molecule has 0 atom stereocenters. The molecule has 0 fully saturated rings. The van der Waals surface area contributed by atoms with E-state index >= 15 is 0 Å². The van der Waals surface area contributed by atoms with Gasteiger partial charge in [-0.3, -0.25) is 0 Å². The molecule has 1 aromatic heterocycles. The van der Waals surface area contributed by atoms with Crippen LogP contribution in [0.5, 0.6) is 11.5 Å². The van der Waals surface area contributed by atoms with Crippen LogP contribution < -0.4 is 9.47 Å². The normalized spacial score (nSPS) is 11.4. The maximum atomic E-state index is 5.79. The molecule has 0 aliphatic rings. The quantitative estimate of drug-likeness (QED) is 0.252. The minimum Gasteiger partial charge on any atom is -0.493 e. The van der Waals surface area contributed by atoms with Crippen LogP contribution in [-0.4, -0.2) is 34.3 Å². The van der Waals surface area contributed by atoms with Crippen molar-refractivity contribution in [2.75, 3.05) is 7.11 Å². The van der Waals surface area contributed by atoms with Crippen LogP contribution in [0.1, 0.15) is 44.1 Å². The number of benzene rings is 2. The van der Waals surface area contributed by atoms with Crippen LogP contribution in [0.25, 0.3) is 0 Å². The Hall–Kier alpha value is -2.32. The van der Waals surface area contributed by atoms with E-state index in [1.807, 2.05) is 48.9 Å². The lowest BCUT2D eigenvalue weighted by atomic mass is 10.2. The van der Waals surface area contributed by atoms with Gasteiger partial charge >= 0.3 is 0 Å². The lowest BCUT2D eigenvalue weighted by Crippen LogP contribution is -2.07. The lowest BCUT2D eigenvalue weighted by Gasteiger charge is -2.13. The number of rotatable bonds is 10. The zero-order valence-electron chi connectivity index (χ0n) is 18.2. The summed E-state index contributed by atoms with van der Waals surface area (Å²) in [4.78, 5) is 0. The average molecular weight is 503 g/mol. The monoisotopic (exact) mass is 502 g/mol. The zero-order valence-corrected chi connectivity index (χ0v) is 20.6. The number of methoxy groups -OCH3 is 1. The molecule has 0 bridgehead atoms. The molecule has 0 unspecified atom stereocenters. The summed E-state index contributed by atoms with van der Waals surface area (Å²) in [6.07, 6.45) is 3.66. The molecule has 8 heteroatoms. The van der Waals surface area contributed by atoms with E-state index in [0.29, 0.717) is 5.75 Å². The minimum atomic E-state index is 0.0763. The number of hydrogen-bond acceptors (Lipinski definition) is 6. The fourth-order valence-corrected chi connectivity index (χ4v) is 3.98. The topological polar surface area (TPSA) is 61.5 Å². The van der Waals surface area contributed by atoms with Crippen molar-refractivity contribution in [3.8, 4) is 11.5 Å². The van der Waals surface area contributed by atoms with Gasteiger partial charge < -0.3 is 9.47 Å². The molecule has 0 aliphatic carbocycles. The fourth-order valence-electron chi connectivity index (χ4n) is 2.85. The van der Waals surface area contributed by atoms with E-state index in [2.05, 4.69) is 50.3 Å². The molecular weight excluding hydrogens is 476 g/mol. The van der Waals surface area contributed by atoms with Crippen LogP contribution in [0.3, 0.4) is 0 Å². The van der Waals surface area contributed by atoms with E-state index in [-0.39, 0.29) is 6.10 Å². The molecule has 0 saturated heterocycles. The van der Waals surface area contributed by atoms with Crippen molar-refractivity contribution >= 4 is 33.9 Å². The van der Waals surface area contributed by atoms with Gasteiger partial charge in [0.15, 0.2) is 17.3 Å². The van der Waals surface area contributed by atoms with E-state index < -0.39 is 0 Å². The predicted molar refractivity (Wildman–Crippen MR) is 129 cm³/mol. The summed E-state index contributed by atoms with van der Waals surface area (Å²) in [6, 6.07) is 14.1. The van der Waals surface area contributed by atoms with Gasteiger partial charge in [-0.25, -0.2) is 0 Å². The van der Waals surface area contributed by atoms with E-state index in [1.165, 1.54) is 5.56 Å². The summed E-state index contributed by atoms with van der Waals surface area (Å²) >= 11 is 5.09. The van der Waals surface area contributed by atoms with Crippen LogP contribution in [0, 0.1) is 0 Å². The molecule has 0 aliphatic heterocycles. The minimum absolute atomic E-state index is 0.0763. The number of halogens is 1. The molecule has 0 amide bonds. The maximum absolute atomic E-state index is 5.79. The molecule has 0 radical (unpaired) electrons. The highest BCUT2D eigenvalue weighted by atomic mass is 79.9. The summed E-state index contributed by atoms with van der Waals surface area (Å²) in [5.41, 5.74) is 2.13. The second kappa shape index (κ2) is 11.3. The third kappa shape index (κ3) is 6.58. The van der Waals surface area contributed by atoms with Crippen molar-refractivity contribution in [3.63, 3.8) is 0 Å². The Bertz CT molecular complexity index is 1020. The Kier molecular flexibility index (Phi) is 8.54. The summed E-state index contributed by atoms with van der Waals surface area (Å²) in [5, 5.41) is 14.2. The molecule has 0 spiro atoms. The smallest absolute Gasteiger partial charge is 0.212 e. The van der Waals surface area contributed by atoms with Crippen molar-refractivity contribution in [1.82, 2.24) is 14.9 Å². The van der Waals surface area contributed by atoms with Gasteiger partial charge in [-0.05, 0) is 61.7 Å². The van der Waals surface area contributed by atoms with Gasteiger partial charge in [0.1, 0.15) is 0 Å². The average Bonchev–Trinajstić information content (AvgIpc) is 3.14. The molecule has 0 N–H and O–H groups in total.